The maximum Gasteiger partial charge on any atom is 0.177 e. The largest absolute Gasteiger partial charge is 0.293 e. The molecular weight excluding hydrogens is 264 g/mol. The van der Waals surface area contributed by atoms with Gasteiger partial charge < -0.3 is 0 Å². The van der Waals surface area contributed by atoms with Crippen LogP contribution >= 0.6 is 22.9 Å². The third kappa shape index (κ3) is 2.82. The number of Topliss-reactive ketones (excluding diaryl/α,β-unsaturated/α-hetero) is 1. The first-order valence-electron chi connectivity index (χ1n) is 5.96. The standard InChI is InChI=1S/C15H15ClOS/c1-3-11-6-7-18-15(11)14(17)9-12-5-4-10(2)8-13(12)16/h4-8H,3,9H2,1-2H3. The van der Waals surface area contributed by atoms with Gasteiger partial charge in [-0.1, -0.05) is 30.7 Å². The minimum absolute atomic E-state index is 0.160. The van der Waals surface area contributed by atoms with Crippen LogP contribution in [0.5, 0.6) is 0 Å². The molecule has 0 fully saturated rings. The van der Waals surface area contributed by atoms with Crippen LogP contribution in [0.25, 0.3) is 0 Å². The lowest BCUT2D eigenvalue weighted by atomic mass is 10.0. The molecule has 0 amide bonds. The Labute approximate surface area is 116 Å². The van der Waals surface area contributed by atoms with Gasteiger partial charge in [-0.25, -0.2) is 0 Å². The molecule has 2 aromatic rings. The van der Waals surface area contributed by atoms with Crippen LogP contribution < -0.4 is 0 Å². The minimum Gasteiger partial charge on any atom is -0.293 e. The fraction of sp³-hybridized carbons (Fsp3) is 0.267. The monoisotopic (exact) mass is 278 g/mol. The van der Waals surface area contributed by atoms with Gasteiger partial charge in [0.1, 0.15) is 0 Å². The summed E-state index contributed by atoms with van der Waals surface area (Å²) < 4.78 is 0. The lowest BCUT2D eigenvalue weighted by Gasteiger charge is -2.05. The van der Waals surface area contributed by atoms with E-state index in [1.165, 1.54) is 11.3 Å². The van der Waals surface area contributed by atoms with Crippen molar-refractivity contribution >= 4 is 28.7 Å². The predicted molar refractivity (Wildman–Crippen MR) is 77.9 cm³/mol. The van der Waals surface area contributed by atoms with Gasteiger partial charge in [0, 0.05) is 11.4 Å². The summed E-state index contributed by atoms with van der Waals surface area (Å²) in [6, 6.07) is 7.85. The van der Waals surface area contributed by atoms with Crippen molar-refractivity contribution in [3.63, 3.8) is 0 Å². The molecule has 18 heavy (non-hydrogen) atoms. The van der Waals surface area contributed by atoms with Gasteiger partial charge in [0.15, 0.2) is 5.78 Å². The van der Waals surface area contributed by atoms with Crippen LogP contribution in [-0.4, -0.2) is 5.78 Å². The molecule has 0 aliphatic carbocycles. The Morgan fingerprint density at radius 2 is 2.06 bits per heavy atom. The average Bonchev–Trinajstić information content (AvgIpc) is 2.81. The van der Waals surface area contributed by atoms with Gasteiger partial charge in [0.25, 0.3) is 0 Å². The molecule has 0 aliphatic rings. The van der Waals surface area contributed by atoms with Crippen LogP contribution in [0.15, 0.2) is 29.6 Å². The van der Waals surface area contributed by atoms with Gasteiger partial charge >= 0.3 is 0 Å². The highest BCUT2D eigenvalue weighted by Crippen LogP contribution is 2.23. The zero-order valence-corrected chi connectivity index (χ0v) is 12.1. The van der Waals surface area contributed by atoms with Crippen LogP contribution in [0.2, 0.25) is 5.02 Å². The Hall–Kier alpha value is -1.12. The van der Waals surface area contributed by atoms with Crippen molar-refractivity contribution in [2.24, 2.45) is 0 Å². The van der Waals surface area contributed by atoms with Gasteiger partial charge in [-0.05, 0) is 47.5 Å². The molecule has 1 nitrogen and oxygen atoms in total. The molecule has 94 valence electrons. The Bertz CT molecular complexity index is 572. The van der Waals surface area contributed by atoms with E-state index in [1.54, 1.807) is 0 Å². The van der Waals surface area contributed by atoms with Crippen molar-refractivity contribution in [1.82, 2.24) is 0 Å². The van der Waals surface area contributed by atoms with Gasteiger partial charge in [-0.2, -0.15) is 0 Å². The quantitative estimate of drug-likeness (QED) is 0.741. The smallest absolute Gasteiger partial charge is 0.177 e. The van der Waals surface area contributed by atoms with Crippen molar-refractivity contribution < 1.29 is 4.79 Å². The maximum atomic E-state index is 12.2. The molecule has 0 spiro atoms. The molecule has 0 bridgehead atoms. The molecule has 3 heteroatoms. The molecule has 1 aromatic heterocycles. The fourth-order valence-electron chi connectivity index (χ4n) is 1.91. The molecule has 0 saturated carbocycles. The zero-order chi connectivity index (χ0) is 13.1. The van der Waals surface area contributed by atoms with Crippen molar-refractivity contribution in [3.05, 3.63) is 56.2 Å². The van der Waals surface area contributed by atoms with Crippen molar-refractivity contribution in [3.8, 4) is 0 Å². The normalized spacial score (nSPS) is 10.6. The molecule has 1 heterocycles. The Morgan fingerprint density at radius 1 is 1.28 bits per heavy atom. The minimum atomic E-state index is 0.160. The van der Waals surface area contributed by atoms with Crippen molar-refractivity contribution in [1.29, 1.82) is 0 Å². The van der Waals surface area contributed by atoms with E-state index in [9.17, 15) is 4.79 Å². The van der Waals surface area contributed by atoms with E-state index in [1.807, 2.05) is 36.6 Å². The van der Waals surface area contributed by atoms with Crippen LogP contribution in [-0.2, 0) is 12.8 Å². The van der Waals surface area contributed by atoms with E-state index in [0.717, 1.165) is 28.0 Å². The summed E-state index contributed by atoms with van der Waals surface area (Å²) in [7, 11) is 0. The Balaban J connectivity index is 2.21. The fourth-order valence-corrected chi connectivity index (χ4v) is 3.15. The highest BCUT2D eigenvalue weighted by atomic mass is 35.5. The molecule has 2 rings (SSSR count). The molecule has 1 aromatic carbocycles. The number of carbonyl (C=O) groups is 1. The molecule has 0 N–H and O–H groups in total. The van der Waals surface area contributed by atoms with Crippen LogP contribution in [0.3, 0.4) is 0 Å². The molecule has 0 radical (unpaired) electrons. The number of carbonyl (C=O) groups excluding carboxylic acids is 1. The molecule has 0 unspecified atom stereocenters. The number of thiophene rings is 1. The van der Waals surface area contributed by atoms with Gasteiger partial charge in [-0.3, -0.25) is 4.79 Å². The number of hydrogen-bond acceptors (Lipinski definition) is 2. The highest BCUT2D eigenvalue weighted by Gasteiger charge is 2.14. The number of hydrogen-bond donors (Lipinski definition) is 0. The first kappa shape index (κ1) is 13.3. The van der Waals surface area contributed by atoms with E-state index in [0.29, 0.717) is 11.4 Å². The summed E-state index contributed by atoms with van der Waals surface area (Å²) >= 11 is 7.68. The first-order valence-corrected chi connectivity index (χ1v) is 7.22. The van der Waals surface area contributed by atoms with E-state index < -0.39 is 0 Å². The van der Waals surface area contributed by atoms with Gasteiger partial charge in [0.2, 0.25) is 0 Å². The lowest BCUT2D eigenvalue weighted by Crippen LogP contribution is -2.04. The molecular formula is C15H15ClOS. The van der Waals surface area contributed by atoms with E-state index >= 15 is 0 Å². The van der Waals surface area contributed by atoms with Crippen LogP contribution in [0.4, 0.5) is 0 Å². The first-order chi connectivity index (χ1) is 8.61. The SMILES string of the molecule is CCc1ccsc1C(=O)Cc1ccc(C)cc1Cl. The van der Waals surface area contributed by atoms with Gasteiger partial charge in [0.05, 0.1) is 4.88 Å². The number of benzene rings is 1. The summed E-state index contributed by atoms with van der Waals surface area (Å²) in [6.45, 7) is 4.06. The van der Waals surface area contributed by atoms with E-state index in [2.05, 4.69) is 6.92 Å². The summed E-state index contributed by atoms with van der Waals surface area (Å²) in [5, 5.41) is 2.65. The molecule has 0 aliphatic heterocycles. The summed E-state index contributed by atoms with van der Waals surface area (Å²) in [5.41, 5.74) is 3.15. The lowest BCUT2D eigenvalue weighted by molar-refractivity contribution is 0.0996. The van der Waals surface area contributed by atoms with Crippen molar-refractivity contribution in [2.75, 3.05) is 0 Å². The maximum absolute atomic E-state index is 12.2. The Morgan fingerprint density at radius 3 is 2.72 bits per heavy atom. The van der Waals surface area contributed by atoms with E-state index in [-0.39, 0.29) is 5.78 Å². The topological polar surface area (TPSA) is 17.1 Å². The van der Waals surface area contributed by atoms with Gasteiger partial charge in [-0.15, -0.1) is 11.3 Å². The third-order valence-electron chi connectivity index (χ3n) is 2.94. The number of halogens is 1. The number of aryl methyl sites for hydroxylation is 2. The summed E-state index contributed by atoms with van der Waals surface area (Å²) in [5.74, 6) is 0.160. The predicted octanol–water partition coefficient (Wildman–Crippen LogP) is 4.70. The summed E-state index contributed by atoms with van der Waals surface area (Å²) in [6.07, 6.45) is 1.28. The number of ketones is 1. The zero-order valence-electron chi connectivity index (χ0n) is 10.5. The van der Waals surface area contributed by atoms with Crippen LogP contribution in [0, 0.1) is 6.92 Å². The average molecular weight is 279 g/mol. The summed E-state index contributed by atoms with van der Waals surface area (Å²) in [4.78, 5) is 13.1. The number of rotatable bonds is 4. The second kappa shape index (κ2) is 5.68. The van der Waals surface area contributed by atoms with Crippen LogP contribution in [0.1, 0.15) is 33.3 Å². The van der Waals surface area contributed by atoms with Crippen molar-refractivity contribution in [2.45, 2.75) is 26.7 Å². The second-order valence-electron chi connectivity index (χ2n) is 4.32. The Kier molecular flexibility index (Phi) is 4.20. The van der Waals surface area contributed by atoms with E-state index in [4.69, 9.17) is 11.6 Å². The molecule has 0 atom stereocenters. The second-order valence-corrected chi connectivity index (χ2v) is 5.65. The molecule has 0 saturated heterocycles. The highest BCUT2D eigenvalue weighted by molar-refractivity contribution is 7.12. The third-order valence-corrected chi connectivity index (χ3v) is 4.29.